The molecule has 2 rings (SSSR count). The van der Waals surface area contributed by atoms with E-state index in [0.717, 1.165) is 30.7 Å². The monoisotopic (exact) mass is 285 g/mol. The molecule has 1 fully saturated rings. The predicted octanol–water partition coefficient (Wildman–Crippen LogP) is 1.09. The largest absolute Gasteiger partial charge is 0.308 e. The molecule has 6 heteroatoms. The lowest BCUT2D eigenvalue weighted by Crippen LogP contribution is -2.39. The molecule has 2 atom stereocenters. The Hall–Kier alpha value is -0.880. The first-order valence-corrected chi connectivity index (χ1v) is 8.67. The molecule has 0 aliphatic heterocycles. The van der Waals surface area contributed by atoms with Crippen LogP contribution in [0.25, 0.3) is 0 Å². The Bertz CT molecular complexity index is 563. The SMILES string of the molecule is Cc1nn(C)c(C)c1CNC1CCCC1S(C)(=O)=O. The van der Waals surface area contributed by atoms with Crippen molar-refractivity contribution in [2.45, 2.75) is 50.9 Å². The fourth-order valence-corrected chi connectivity index (χ4v) is 4.40. The van der Waals surface area contributed by atoms with Crippen molar-refractivity contribution >= 4 is 9.84 Å². The lowest BCUT2D eigenvalue weighted by molar-refractivity contribution is 0.506. The molecule has 19 heavy (non-hydrogen) atoms. The van der Waals surface area contributed by atoms with Crippen LogP contribution < -0.4 is 5.32 Å². The predicted molar refractivity (Wildman–Crippen MR) is 75.8 cm³/mol. The van der Waals surface area contributed by atoms with E-state index in [1.165, 1.54) is 11.8 Å². The fraction of sp³-hybridized carbons (Fsp3) is 0.769. The van der Waals surface area contributed by atoms with Crippen LogP contribution in [-0.4, -0.2) is 35.7 Å². The lowest BCUT2D eigenvalue weighted by atomic mass is 10.1. The summed E-state index contributed by atoms with van der Waals surface area (Å²) < 4.78 is 25.3. The molecule has 1 aromatic heterocycles. The second-order valence-electron chi connectivity index (χ2n) is 5.56. The van der Waals surface area contributed by atoms with Crippen molar-refractivity contribution in [3.8, 4) is 0 Å². The zero-order valence-corrected chi connectivity index (χ0v) is 12.9. The van der Waals surface area contributed by atoms with E-state index in [4.69, 9.17) is 0 Å². The number of aromatic nitrogens is 2. The molecule has 0 bridgehead atoms. The molecule has 0 aromatic carbocycles. The van der Waals surface area contributed by atoms with Gasteiger partial charge in [0.1, 0.15) is 0 Å². The van der Waals surface area contributed by atoms with Crippen LogP contribution in [0, 0.1) is 13.8 Å². The van der Waals surface area contributed by atoms with Gasteiger partial charge in [-0.05, 0) is 26.7 Å². The molecule has 108 valence electrons. The maximum absolute atomic E-state index is 11.7. The number of aryl methyl sites for hydroxylation is 2. The zero-order valence-electron chi connectivity index (χ0n) is 12.1. The van der Waals surface area contributed by atoms with E-state index in [0.29, 0.717) is 6.54 Å². The van der Waals surface area contributed by atoms with Crippen LogP contribution in [0.4, 0.5) is 0 Å². The van der Waals surface area contributed by atoms with E-state index in [9.17, 15) is 8.42 Å². The van der Waals surface area contributed by atoms with Gasteiger partial charge in [0.25, 0.3) is 0 Å². The Morgan fingerprint density at radius 2 is 2.05 bits per heavy atom. The number of hydrogen-bond acceptors (Lipinski definition) is 4. The molecule has 0 radical (unpaired) electrons. The van der Waals surface area contributed by atoms with E-state index in [-0.39, 0.29) is 11.3 Å². The van der Waals surface area contributed by atoms with Gasteiger partial charge in [-0.3, -0.25) is 4.68 Å². The molecule has 1 saturated carbocycles. The van der Waals surface area contributed by atoms with E-state index in [2.05, 4.69) is 10.4 Å². The normalized spacial score (nSPS) is 24.0. The van der Waals surface area contributed by atoms with Gasteiger partial charge in [0.2, 0.25) is 0 Å². The van der Waals surface area contributed by atoms with Gasteiger partial charge in [-0.15, -0.1) is 0 Å². The average Bonchev–Trinajstić information content (AvgIpc) is 2.84. The third-order valence-electron chi connectivity index (χ3n) is 4.20. The van der Waals surface area contributed by atoms with Crippen LogP contribution in [0.15, 0.2) is 0 Å². The van der Waals surface area contributed by atoms with Crippen molar-refractivity contribution in [2.75, 3.05) is 6.26 Å². The highest BCUT2D eigenvalue weighted by atomic mass is 32.2. The van der Waals surface area contributed by atoms with E-state index in [1.54, 1.807) is 0 Å². The van der Waals surface area contributed by atoms with Crippen LogP contribution in [0.3, 0.4) is 0 Å². The van der Waals surface area contributed by atoms with Gasteiger partial charge in [0, 0.05) is 37.1 Å². The van der Waals surface area contributed by atoms with Crippen LogP contribution >= 0.6 is 0 Å². The summed E-state index contributed by atoms with van der Waals surface area (Å²) >= 11 is 0. The van der Waals surface area contributed by atoms with Crippen molar-refractivity contribution in [2.24, 2.45) is 7.05 Å². The zero-order chi connectivity index (χ0) is 14.2. The van der Waals surface area contributed by atoms with Gasteiger partial charge in [0.05, 0.1) is 10.9 Å². The Morgan fingerprint density at radius 1 is 1.37 bits per heavy atom. The molecule has 1 aromatic rings. The summed E-state index contributed by atoms with van der Waals surface area (Å²) in [5.41, 5.74) is 3.34. The first-order valence-electron chi connectivity index (χ1n) is 6.72. The van der Waals surface area contributed by atoms with Crippen molar-refractivity contribution in [3.05, 3.63) is 17.0 Å². The summed E-state index contributed by atoms with van der Waals surface area (Å²) in [7, 11) is -1.02. The molecule has 0 spiro atoms. The van der Waals surface area contributed by atoms with Gasteiger partial charge in [-0.2, -0.15) is 5.10 Å². The van der Waals surface area contributed by atoms with Crippen LogP contribution in [0.1, 0.15) is 36.2 Å². The first kappa shape index (κ1) is 14.5. The minimum atomic E-state index is -2.95. The topological polar surface area (TPSA) is 64.0 Å². The third kappa shape index (κ3) is 3.00. The number of nitrogens with one attached hydrogen (secondary N) is 1. The number of rotatable bonds is 4. The molecule has 1 heterocycles. The second-order valence-corrected chi connectivity index (χ2v) is 7.82. The summed E-state index contributed by atoms with van der Waals surface area (Å²) in [6.45, 7) is 4.73. The molecule has 1 aliphatic rings. The quantitative estimate of drug-likeness (QED) is 0.899. The van der Waals surface area contributed by atoms with Crippen molar-refractivity contribution in [3.63, 3.8) is 0 Å². The van der Waals surface area contributed by atoms with E-state index < -0.39 is 9.84 Å². The maximum atomic E-state index is 11.7. The Morgan fingerprint density at radius 3 is 2.58 bits per heavy atom. The van der Waals surface area contributed by atoms with Gasteiger partial charge in [-0.25, -0.2) is 8.42 Å². The maximum Gasteiger partial charge on any atom is 0.151 e. The van der Waals surface area contributed by atoms with Crippen LogP contribution in [0.5, 0.6) is 0 Å². The van der Waals surface area contributed by atoms with Crippen LogP contribution in [-0.2, 0) is 23.4 Å². The number of nitrogens with zero attached hydrogens (tertiary/aromatic N) is 2. The average molecular weight is 285 g/mol. The summed E-state index contributed by atoms with van der Waals surface area (Å²) in [4.78, 5) is 0. The van der Waals surface area contributed by atoms with Crippen molar-refractivity contribution in [1.29, 1.82) is 0 Å². The molecule has 1 N–H and O–H groups in total. The summed E-state index contributed by atoms with van der Waals surface area (Å²) in [6.07, 6.45) is 4.05. The molecule has 0 saturated heterocycles. The smallest absolute Gasteiger partial charge is 0.151 e. The molecule has 0 amide bonds. The number of sulfone groups is 1. The summed E-state index contributed by atoms with van der Waals surface area (Å²) in [6, 6.07) is 0.0778. The Balaban J connectivity index is 2.06. The minimum absolute atomic E-state index is 0.0778. The number of hydrogen-bond donors (Lipinski definition) is 1. The van der Waals surface area contributed by atoms with Gasteiger partial charge in [0.15, 0.2) is 9.84 Å². The Kier molecular flexibility index (Phi) is 4.01. The fourth-order valence-electron chi connectivity index (χ4n) is 2.98. The van der Waals surface area contributed by atoms with Crippen molar-refractivity contribution in [1.82, 2.24) is 15.1 Å². The van der Waals surface area contributed by atoms with Gasteiger partial charge >= 0.3 is 0 Å². The first-order chi connectivity index (χ1) is 8.80. The van der Waals surface area contributed by atoms with E-state index in [1.807, 2.05) is 25.6 Å². The lowest BCUT2D eigenvalue weighted by Gasteiger charge is -2.19. The Labute approximate surface area is 115 Å². The summed E-state index contributed by atoms with van der Waals surface area (Å²) in [5, 5.41) is 7.57. The molecule has 1 aliphatic carbocycles. The molecular weight excluding hydrogens is 262 g/mol. The highest BCUT2D eigenvalue weighted by Gasteiger charge is 2.34. The molecular formula is C13H23N3O2S. The van der Waals surface area contributed by atoms with Gasteiger partial charge < -0.3 is 5.32 Å². The summed E-state index contributed by atoms with van der Waals surface area (Å²) in [5.74, 6) is 0. The van der Waals surface area contributed by atoms with E-state index >= 15 is 0 Å². The van der Waals surface area contributed by atoms with Gasteiger partial charge in [-0.1, -0.05) is 6.42 Å². The van der Waals surface area contributed by atoms with Crippen LogP contribution in [0.2, 0.25) is 0 Å². The highest BCUT2D eigenvalue weighted by Crippen LogP contribution is 2.25. The molecule has 2 unspecified atom stereocenters. The standard InChI is InChI=1S/C13H23N3O2S/c1-9-11(10(2)16(3)15-9)8-14-12-6-5-7-13(12)19(4,17)18/h12-14H,5-8H2,1-4H3. The third-order valence-corrected chi connectivity index (χ3v) is 5.87. The molecule has 5 nitrogen and oxygen atoms in total. The second kappa shape index (κ2) is 5.25. The van der Waals surface area contributed by atoms with Crippen molar-refractivity contribution < 1.29 is 8.42 Å². The minimum Gasteiger partial charge on any atom is -0.308 e. The highest BCUT2D eigenvalue weighted by molar-refractivity contribution is 7.91.